The molecule has 3 rings (SSSR count). The van der Waals surface area contributed by atoms with Gasteiger partial charge in [-0.3, -0.25) is 15.3 Å². The molecular formula is C19H14Cl2N4O6S. The van der Waals surface area contributed by atoms with Gasteiger partial charge in [-0.2, -0.15) is 8.42 Å². The van der Waals surface area contributed by atoms with Crippen LogP contribution in [0.1, 0.15) is 0 Å². The lowest BCUT2D eigenvalue weighted by molar-refractivity contribution is -0.385. The molecule has 0 aliphatic rings. The third-order valence-corrected chi connectivity index (χ3v) is 5.75. The highest BCUT2D eigenvalue weighted by molar-refractivity contribution is 7.90. The van der Waals surface area contributed by atoms with Gasteiger partial charge in [-0.05, 0) is 54.6 Å². The van der Waals surface area contributed by atoms with Crippen molar-refractivity contribution in [3.8, 4) is 11.5 Å². The van der Waals surface area contributed by atoms with Gasteiger partial charge < -0.3 is 10.1 Å². The van der Waals surface area contributed by atoms with Gasteiger partial charge >= 0.3 is 5.69 Å². The molecule has 0 aliphatic heterocycles. The summed E-state index contributed by atoms with van der Waals surface area (Å²) >= 11 is 11.8. The molecule has 0 amide bonds. The van der Waals surface area contributed by atoms with E-state index in [0.29, 0.717) is 10.7 Å². The van der Waals surface area contributed by atoms with Crippen molar-refractivity contribution in [3.63, 3.8) is 0 Å². The Kier molecular flexibility index (Phi) is 7.15. The van der Waals surface area contributed by atoms with E-state index in [2.05, 4.69) is 9.71 Å². The quantitative estimate of drug-likeness (QED) is 0.190. The highest BCUT2D eigenvalue weighted by Crippen LogP contribution is 2.37. The topological polar surface area (TPSA) is 143 Å². The largest absolute Gasteiger partial charge is 0.449 e. The van der Waals surface area contributed by atoms with Crippen molar-refractivity contribution in [3.05, 3.63) is 86.9 Å². The van der Waals surface area contributed by atoms with E-state index in [4.69, 9.17) is 27.9 Å². The number of sulfonamides is 1. The molecule has 0 radical (unpaired) electrons. The third-order valence-electron chi connectivity index (χ3n) is 3.91. The van der Waals surface area contributed by atoms with Crippen molar-refractivity contribution in [1.82, 2.24) is 5.48 Å². The maximum absolute atomic E-state index is 12.6. The van der Waals surface area contributed by atoms with Gasteiger partial charge in [0.05, 0.1) is 14.8 Å². The molecule has 10 nitrogen and oxygen atoms in total. The van der Waals surface area contributed by atoms with Crippen molar-refractivity contribution in [2.24, 2.45) is 4.40 Å². The zero-order valence-corrected chi connectivity index (χ0v) is 18.2. The van der Waals surface area contributed by atoms with Crippen LogP contribution in [0.25, 0.3) is 0 Å². The molecule has 3 aromatic carbocycles. The summed E-state index contributed by atoms with van der Waals surface area (Å²) in [4.78, 5) is 10.3. The molecule has 0 aromatic heterocycles. The van der Waals surface area contributed by atoms with Gasteiger partial charge in [-0.25, -0.2) is 5.48 Å². The lowest BCUT2D eigenvalue weighted by atomic mass is 10.3. The Bertz CT molecular complexity index is 1270. The van der Waals surface area contributed by atoms with E-state index in [-0.39, 0.29) is 27.1 Å². The number of nitrogens with zero attached hydrogens (tertiary/aromatic N) is 2. The smallest absolute Gasteiger partial charge is 0.313 e. The zero-order valence-electron chi connectivity index (χ0n) is 15.9. The highest BCUT2D eigenvalue weighted by atomic mass is 35.5. The summed E-state index contributed by atoms with van der Waals surface area (Å²) in [6.45, 7) is 0. The lowest BCUT2D eigenvalue weighted by Gasteiger charge is -2.10. The number of rotatable bonds is 6. The number of anilines is 1. The van der Waals surface area contributed by atoms with E-state index < -0.39 is 20.9 Å². The molecule has 0 saturated carbocycles. The molecule has 3 N–H and O–H groups in total. The summed E-state index contributed by atoms with van der Waals surface area (Å²) in [5.41, 5.74) is 1.77. The molecule has 32 heavy (non-hydrogen) atoms. The first-order valence-corrected chi connectivity index (χ1v) is 10.9. The van der Waals surface area contributed by atoms with Gasteiger partial charge in [0, 0.05) is 16.8 Å². The van der Waals surface area contributed by atoms with Crippen molar-refractivity contribution in [2.75, 3.05) is 5.32 Å². The monoisotopic (exact) mass is 496 g/mol. The SMILES string of the molecule is O=[N+]([O-])c1cccc(Cl)c1Oc1ccc(S(=O)(=O)N=C(NO)Nc2ccc(Cl)cc2)cc1. The Balaban J connectivity index is 1.82. The number of hydrogen-bond acceptors (Lipinski definition) is 6. The molecule has 0 atom stereocenters. The normalized spacial score (nSPS) is 11.7. The summed E-state index contributed by atoms with van der Waals surface area (Å²) in [6, 6.07) is 15.3. The molecule has 0 aliphatic carbocycles. The van der Waals surface area contributed by atoms with E-state index in [1.165, 1.54) is 42.5 Å². The molecule has 0 heterocycles. The predicted molar refractivity (Wildman–Crippen MR) is 119 cm³/mol. The first-order chi connectivity index (χ1) is 15.2. The fourth-order valence-corrected chi connectivity index (χ4v) is 3.70. The number of nitro benzene ring substituents is 1. The fraction of sp³-hybridized carbons (Fsp3) is 0. The molecular weight excluding hydrogens is 483 g/mol. The van der Waals surface area contributed by atoms with E-state index in [0.717, 1.165) is 0 Å². The van der Waals surface area contributed by atoms with Crippen LogP contribution in [0.4, 0.5) is 11.4 Å². The number of nitro groups is 1. The van der Waals surface area contributed by atoms with Gasteiger partial charge in [-0.15, -0.1) is 4.40 Å². The Morgan fingerprint density at radius 2 is 1.69 bits per heavy atom. The van der Waals surface area contributed by atoms with Crippen LogP contribution in [0.2, 0.25) is 10.0 Å². The Morgan fingerprint density at radius 1 is 1.03 bits per heavy atom. The molecule has 0 fully saturated rings. The number of guanidine groups is 1. The zero-order chi connectivity index (χ0) is 23.3. The number of benzene rings is 3. The second kappa shape index (κ2) is 9.83. The van der Waals surface area contributed by atoms with E-state index >= 15 is 0 Å². The van der Waals surface area contributed by atoms with Crippen molar-refractivity contribution < 1.29 is 23.3 Å². The summed E-state index contributed by atoms with van der Waals surface area (Å²) in [5, 5.41) is 23.5. The molecule has 166 valence electrons. The summed E-state index contributed by atoms with van der Waals surface area (Å²) < 4.78 is 34.1. The third kappa shape index (κ3) is 5.65. The molecule has 3 aromatic rings. The average Bonchev–Trinajstić information content (AvgIpc) is 2.76. The number of nitrogens with one attached hydrogen (secondary N) is 2. The standard InChI is InChI=1S/C19H14Cl2N4O6S/c20-12-4-6-13(7-5-12)22-19(23-26)24-32(29,30)15-10-8-14(9-11-15)31-18-16(21)2-1-3-17(18)25(27)28/h1-11,26H,(H2,22,23,24). The summed E-state index contributed by atoms with van der Waals surface area (Å²) in [7, 11) is -4.23. The molecule has 0 unspecified atom stereocenters. The maximum Gasteiger partial charge on any atom is 0.313 e. The first kappa shape index (κ1) is 23.3. The number of hydroxylamine groups is 1. The molecule has 0 spiro atoms. The van der Waals surface area contributed by atoms with Gasteiger partial charge in [0.1, 0.15) is 5.75 Å². The minimum atomic E-state index is -4.23. The van der Waals surface area contributed by atoms with E-state index in [1.807, 2.05) is 0 Å². The number of ether oxygens (including phenoxy) is 1. The molecule has 13 heteroatoms. The number of hydrogen-bond donors (Lipinski definition) is 3. The van der Waals surface area contributed by atoms with Crippen LogP contribution in [0.15, 0.2) is 76.0 Å². The lowest BCUT2D eigenvalue weighted by Crippen LogP contribution is -2.28. The van der Waals surface area contributed by atoms with Gasteiger partial charge in [0.15, 0.2) is 0 Å². The first-order valence-electron chi connectivity index (χ1n) is 8.68. The van der Waals surface area contributed by atoms with Gasteiger partial charge in [-0.1, -0.05) is 29.3 Å². The minimum Gasteiger partial charge on any atom is -0.449 e. The van der Waals surface area contributed by atoms with Crippen LogP contribution in [0, 0.1) is 10.1 Å². The maximum atomic E-state index is 12.6. The van der Waals surface area contributed by atoms with E-state index in [9.17, 15) is 23.7 Å². The average molecular weight is 497 g/mol. The van der Waals surface area contributed by atoms with Gasteiger partial charge in [0.25, 0.3) is 10.0 Å². The van der Waals surface area contributed by atoms with Crippen molar-refractivity contribution in [2.45, 2.75) is 4.90 Å². The number of halogens is 2. The second-order valence-electron chi connectivity index (χ2n) is 6.08. The summed E-state index contributed by atoms with van der Waals surface area (Å²) in [5.74, 6) is -0.505. The Labute approximate surface area is 192 Å². The van der Waals surface area contributed by atoms with Crippen molar-refractivity contribution >= 4 is 50.6 Å². The Hall–Kier alpha value is -3.38. The molecule has 0 saturated heterocycles. The van der Waals surface area contributed by atoms with Crippen LogP contribution in [0.5, 0.6) is 11.5 Å². The number of para-hydroxylation sites is 1. The molecule has 0 bridgehead atoms. The van der Waals surface area contributed by atoms with Crippen LogP contribution in [-0.2, 0) is 10.0 Å². The highest BCUT2D eigenvalue weighted by Gasteiger charge is 2.20. The van der Waals surface area contributed by atoms with Crippen LogP contribution in [-0.4, -0.2) is 24.5 Å². The predicted octanol–water partition coefficient (Wildman–Crippen LogP) is 4.83. The minimum absolute atomic E-state index is 0.0208. The van der Waals surface area contributed by atoms with Crippen molar-refractivity contribution in [1.29, 1.82) is 0 Å². The summed E-state index contributed by atoms with van der Waals surface area (Å²) in [6.07, 6.45) is 0. The van der Waals surface area contributed by atoms with Gasteiger partial charge in [0.2, 0.25) is 11.7 Å². The van der Waals surface area contributed by atoms with Crippen LogP contribution >= 0.6 is 23.2 Å². The van der Waals surface area contributed by atoms with Crippen LogP contribution < -0.4 is 15.5 Å². The van der Waals surface area contributed by atoms with Crippen LogP contribution in [0.3, 0.4) is 0 Å². The van der Waals surface area contributed by atoms with E-state index in [1.54, 1.807) is 29.7 Å². The Morgan fingerprint density at radius 3 is 2.28 bits per heavy atom. The fourth-order valence-electron chi connectivity index (χ4n) is 2.45. The second-order valence-corrected chi connectivity index (χ2v) is 8.53.